The predicted octanol–water partition coefficient (Wildman–Crippen LogP) is 1.36. The first-order valence-electron chi connectivity index (χ1n) is 8.89. The summed E-state index contributed by atoms with van der Waals surface area (Å²) >= 11 is 0. The summed E-state index contributed by atoms with van der Waals surface area (Å²) in [5.41, 5.74) is 1.44. The number of fused-ring (bicyclic) bond motifs is 1. The van der Waals surface area contributed by atoms with Gasteiger partial charge in [-0.2, -0.15) is 0 Å². The molecule has 0 spiro atoms. The minimum absolute atomic E-state index is 0.0239. The van der Waals surface area contributed by atoms with Gasteiger partial charge in [0.05, 0.1) is 6.42 Å². The van der Waals surface area contributed by atoms with Crippen molar-refractivity contribution < 1.29 is 9.32 Å². The number of carbonyl (C=O) groups is 1. The van der Waals surface area contributed by atoms with Gasteiger partial charge in [0, 0.05) is 23.5 Å². The molecule has 0 unspecified atom stereocenters. The average Bonchev–Trinajstić information content (AvgIpc) is 3.01. The topological polar surface area (TPSA) is 79.2 Å². The number of benzene rings is 1. The van der Waals surface area contributed by atoms with Crippen LogP contribution in [0.4, 0.5) is 0 Å². The Morgan fingerprint density at radius 2 is 1.96 bits per heavy atom. The third kappa shape index (κ3) is 3.30. The Kier molecular flexibility index (Phi) is 4.49. The summed E-state index contributed by atoms with van der Waals surface area (Å²) in [6.45, 7) is 2.17. The maximum Gasteiger partial charge on any atom is 0.226 e. The Hall–Kier alpha value is -1.92. The molecular formula is C18H24N4O2. The second-order valence-electron chi connectivity index (χ2n) is 6.85. The molecule has 2 fully saturated rings. The number of aromatic nitrogens is 1. The molecular weight excluding hydrogens is 304 g/mol. The molecule has 2 heterocycles. The van der Waals surface area contributed by atoms with Crippen molar-refractivity contribution in [3.8, 4) is 0 Å². The van der Waals surface area contributed by atoms with Gasteiger partial charge in [0.25, 0.3) is 0 Å². The molecule has 0 radical (unpaired) electrons. The summed E-state index contributed by atoms with van der Waals surface area (Å²) in [6.07, 6.45) is 4.80. The number of para-hydroxylation sites is 1. The number of hydrogen-bond acceptors (Lipinski definition) is 5. The molecule has 0 bridgehead atoms. The van der Waals surface area contributed by atoms with Crippen molar-refractivity contribution in [2.24, 2.45) is 0 Å². The van der Waals surface area contributed by atoms with E-state index in [1.54, 1.807) is 0 Å². The van der Waals surface area contributed by atoms with Crippen molar-refractivity contribution in [1.29, 1.82) is 0 Å². The second kappa shape index (κ2) is 6.91. The Balaban J connectivity index is 1.31. The third-order valence-electron chi connectivity index (χ3n) is 5.19. The highest BCUT2D eigenvalue weighted by molar-refractivity contribution is 5.86. The number of nitrogens with zero attached hydrogens (tertiary/aromatic N) is 1. The van der Waals surface area contributed by atoms with E-state index in [-0.39, 0.29) is 18.4 Å². The van der Waals surface area contributed by atoms with Crippen LogP contribution in [0.15, 0.2) is 28.8 Å². The van der Waals surface area contributed by atoms with Crippen LogP contribution in [0.25, 0.3) is 11.0 Å². The SMILES string of the molecule is O=C(Cc1noc2ccccc12)N[C@H]1CC[C@H]1NC1CCNCC1. The van der Waals surface area contributed by atoms with Crippen LogP contribution >= 0.6 is 0 Å². The number of rotatable bonds is 5. The molecule has 1 aliphatic heterocycles. The molecule has 2 aliphatic rings. The lowest BCUT2D eigenvalue weighted by Gasteiger charge is -2.41. The fraction of sp³-hybridized carbons (Fsp3) is 0.556. The van der Waals surface area contributed by atoms with E-state index in [2.05, 4.69) is 21.1 Å². The lowest BCUT2D eigenvalue weighted by atomic mass is 9.85. The molecule has 24 heavy (non-hydrogen) atoms. The molecule has 1 saturated heterocycles. The van der Waals surface area contributed by atoms with Gasteiger partial charge in [-0.1, -0.05) is 17.3 Å². The minimum Gasteiger partial charge on any atom is -0.356 e. The Morgan fingerprint density at radius 1 is 1.17 bits per heavy atom. The van der Waals surface area contributed by atoms with Gasteiger partial charge in [-0.15, -0.1) is 0 Å². The fourth-order valence-corrected chi connectivity index (χ4v) is 3.64. The molecule has 2 atom stereocenters. The number of carbonyl (C=O) groups excluding carboxylic acids is 1. The first-order chi connectivity index (χ1) is 11.8. The lowest BCUT2D eigenvalue weighted by molar-refractivity contribution is -0.122. The third-order valence-corrected chi connectivity index (χ3v) is 5.19. The second-order valence-corrected chi connectivity index (χ2v) is 6.85. The quantitative estimate of drug-likeness (QED) is 0.772. The van der Waals surface area contributed by atoms with Crippen LogP contribution in [0.5, 0.6) is 0 Å². The van der Waals surface area contributed by atoms with E-state index in [9.17, 15) is 4.79 Å². The van der Waals surface area contributed by atoms with Gasteiger partial charge in [-0.05, 0) is 50.9 Å². The highest BCUT2D eigenvalue weighted by atomic mass is 16.5. The highest BCUT2D eigenvalue weighted by Gasteiger charge is 2.33. The number of nitrogens with one attached hydrogen (secondary N) is 3. The zero-order chi connectivity index (χ0) is 16.4. The van der Waals surface area contributed by atoms with Gasteiger partial charge in [-0.3, -0.25) is 4.79 Å². The van der Waals surface area contributed by atoms with Crippen LogP contribution in [0.2, 0.25) is 0 Å². The largest absolute Gasteiger partial charge is 0.356 e. The summed E-state index contributed by atoms with van der Waals surface area (Å²) in [4.78, 5) is 12.4. The molecule has 1 aromatic carbocycles. The number of amides is 1. The summed E-state index contributed by atoms with van der Waals surface area (Å²) in [5, 5.41) is 15.2. The Labute approximate surface area is 141 Å². The first-order valence-corrected chi connectivity index (χ1v) is 8.89. The molecule has 6 heteroatoms. The van der Waals surface area contributed by atoms with Gasteiger partial charge in [0.2, 0.25) is 5.91 Å². The van der Waals surface area contributed by atoms with E-state index in [0.717, 1.165) is 36.9 Å². The molecule has 128 valence electrons. The minimum atomic E-state index is 0.0239. The van der Waals surface area contributed by atoms with E-state index in [4.69, 9.17) is 4.52 Å². The monoisotopic (exact) mass is 328 g/mol. The smallest absolute Gasteiger partial charge is 0.226 e. The summed E-state index contributed by atoms with van der Waals surface area (Å²) in [6, 6.07) is 8.88. The summed E-state index contributed by atoms with van der Waals surface area (Å²) in [5.74, 6) is 0.0239. The van der Waals surface area contributed by atoms with Crippen LogP contribution in [-0.2, 0) is 11.2 Å². The highest BCUT2D eigenvalue weighted by Crippen LogP contribution is 2.23. The molecule has 6 nitrogen and oxygen atoms in total. The van der Waals surface area contributed by atoms with Gasteiger partial charge in [0.1, 0.15) is 5.69 Å². The van der Waals surface area contributed by atoms with Crippen molar-refractivity contribution in [3.05, 3.63) is 30.0 Å². The number of piperidine rings is 1. The Morgan fingerprint density at radius 3 is 2.75 bits per heavy atom. The molecule has 3 N–H and O–H groups in total. The number of hydrogen-bond donors (Lipinski definition) is 3. The van der Waals surface area contributed by atoms with E-state index >= 15 is 0 Å². The van der Waals surface area contributed by atoms with Crippen LogP contribution in [0.3, 0.4) is 0 Å². The molecule has 1 aliphatic carbocycles. The van der Waals surface area contributed by atoms with Crippen LogP contribution in [0.1, 0.15) is 31.4 Å². The van der Waals surface area contributed by atoms with Gasteiger partial charge in [0.15, 0.2) is 5.58 Å². The van der Waals surface area contributed by atoms with Crippen LogP contribution in [0, 0.1) is 0 Å². The summed E-state index contributed by atoms with van der Waals surface area (Å²) < 4.78 is 5.27. The van der Waals surface area contributed by atoms with Crippen LogP contribution in [-0.4, -0.2) is 42.3 Å². The van der Waals surface area contributed by atoms with Gasteiger partial charge < -0.3 is 20.5 Å². The van der Waals surface area contributed by atoms with Crippen molar-refractivity contribution >= 4 is 16.9 Å². The normalized spacial score (nSPS) is 24.7. The van der Waals surface area contributed by atoms with E-state index in [1.807, 2.05) is 24.3 Å². The van der Waals surface area contributed by atoms with Gasteiger partial charge in [-0.25, -0.2) is 0 Å². The van der Waals surface area contributed by atoms with Crippen molar-refractivity contribution in [1.82, 2.24) is 21.1 Å². The van der Waals surface area contributed by atoms with E-state index in [0.29, 0.717) is 17.8 Å². The predicted molar refractivity (Wildman–Crippen MR) is 91.7 cm³/mol. The van der Waals surface area contributed by atoms with Crippen molar-refractivity contribution in [3.63, 3.8) is 0 Å². The molecule has 1 amide bonds. The van der Waals surface area contributed by atoms with Crippen LogP contribution < -0.4 is 16.0 Å². The maximum absolute atomic E-state index is 12.4. The van der Waals surface area contributed by atoms with Gasteiger partial charge >= 0.3 is 0 Å². The lowest BCUT2D eigenvalue weighted by Crippen LogP contribution is -2.60. The standard InChI is InChI=1S/C18H24N4O2/c23-18(11-16-13-3-1-2-4-17(13)24-22-16)21-15-6-5-14(15)20-12-7-9-19-10-8-12/h1-4,12,14-15,19-20H,5-11H2,(H,21,23)/t14-,15+/m1/s1. The van der Waals surface area contributed by atoms with E-state index in [1.165, 1.54) is 12.8 Å². The summed E-state index contributed by atoms with van der Waals surface area (Å²) in [7, 11) is 0. The fourth-order valence-electron chi connectivity index (χ4n) is 3.64. The van der Waals surface area contributed by atoms with E-state index < -0.39 is 0 Å². The molecule has 4 rings (SSSR count). The first kappa shape index (κ1) is 15.6. The molecule has 1 saturated carbocycles. The van der Waals surface area contributed by atoms with Crippen molar-refractivity contribution in [2.75, 3.05) is 13.1 Å². The van der Waals surface area contributed by atoms with Crippen molar-refractivity contribution in [2.45, 2.75) is 50.2 Å². The zero-order valence-electron chi connectivity index (χ0n) is 13.8. The molecule has 2 aromatic rings. The maximum atomic E-state index is 12.4. The Bertz CT molecular complexity index is 708. The average molecular weight is 328 g/mol. The zero-order valence-corrected chi connectivity index (χ0v) is 13.8. The molecule has 1 aromatic heterocycles.